The zero-order valence-corrected chi connectivity index (χ0v) is 18.9. The predicted octanol–water partition coefficient (Wildman–Crippen LogP) is 5.28. The van der Waals surface area contributed by atoms with Crippen LogP contribution in [0, 0.1) is 0 Å². The number of carbonyl (C=O) groups is 1. The van der Waals surface area contributed by atoms with E-state index in [4.69, 9.17) is 9.47 Å². The molecule has 0 radical (unpaired) electrons. The minimum Gasteiger partial charge on any atom is -0.497 e. The van der Waals surface area contributed by atoms with Gasteiger partial charge in [0.2, 0.25) is 0 Å². The average Bonchev–Trinajstić information content (AvgIpc) is 3.20. The first-order valence-corrected chi connectivity index (χ1v) is 10.6. The number of nitrogens with zero attached hydrogens (tertiary/aromatic N) is 3. The molecule has 3 rings (SSSR count). The molecule has 6 nitrogen and oxygen atoms in total. The molecule has 3 aromatic rings. The first kappa shape index (κ1) is 22.4. The second kappa shape index (κ2) is 10.2. The highest BCUT2D eigenvalue weighted by Crippen LogP contribution is 2.28. The lowest BCUT2D eigenvalue weighted by Crippen LogP contribution is -2.43. The van der Waals surface area contributed by atoms with E-state index in [1.54, 1.807) is 18.2 Å². The average molecular weight is 422 g/mol. The standard InChI is InChI=1S/C25H31N3O3/c1-18(2)28(19(3)4)25(29)31-23(21-11-13-22(30-5)14-12-21)24-26-15-16-27(24)17-20-9-7-6-8-10-20/h6-16,18-19,23H,17H2,1-5H3. The fourth-order valence-electron chi connectivity index (χ4n) is 3.70. The number of aromatic nitrogens is 2. The van der Waals surface area contributed by atoms with Gasteiger partial charge in [-0.3, -0.25) is 0 Å². The van der Waals surface area contributed by atoms with Crippen molar-refractivity contribution in [3.63, 3.8) is 0 Å². The summed E-state index contributed by atoms with van der Waals surface area (Å²) in [6, 6.07) is 17.7. The molecule has 1 aromatic heterocycles. The monoisotopic (exact) mass is 421 g/mol. The number of ether oxygens (including phenoxy) is 2. The summed E-state index contributed by atoms with van der Waals surface area (Å²) in [6.07, 6.45) is 2.65. The molecule has 2 aromatic carbocycles. The van der Waals surface area contributed by atoms with Crippen LogP contribution in [0.4, 0.5) is 4.79 Å². The van der Waals surface area contributed by atoms with Crippen LogP contribution in [0.1, 0.15) is 50.8 Å². The van der Waals surface area contributed by atoms with Gasteiger partial charge in [0.25, 0.3) is 0 Å². The van der Waals surface area contributed by atoms with Gasteiger partial charge in [0.05, 0.1) is 7.11 Å². The van der Waals surface area contributed by atoms with Crippen LogP contribution in [0.5, 0.6) is 5.75 Å². The van der Waals surface area contributed by atoms with Gasteiger partial charge in [-0.2, -0.15) is 0 Å². The summed E-state index contributed by atoms with van der Waals surface area (Å²) < 4.78 is 13.4. The van der Waals surface area contributed by atoms with E-state index in [1.807, 2.05) is 80.9 Å². The van der Waals surface area contributed by atoms with Crippen molar-refractivity contribution in [1.82, 2.24) is 14.5 Å². The van der Waals surface area contributed by atoms with Gasteiger partial charge in [-0.25, -0.2) is 9.78 Å². The molecule has 1 unspecified atom stereocenters. The highest BCUT2D eigenvalue weighted by Gasteiger charge is 2.29. The van der Waals surface area contributed by atoms with E-state index in [9.17, 15) is 4.79 Å². The Morgan fingerprint density at radius 1 is 1.00 bits per heavy atom. The molecule has 0 aliphatic rings. The quantitative estimate of drug-likeness (QED) is 0.496. The van der Waals surface area contributed by atoms with Gasteiger partial charge >= 0.3 is 6.09 Å². The molecule has 0 N–H and O–H groups in total. The molecule has 0 saturated carbocycles. The second-order valence-electron chi connectivity index (χ2n) is 8.03. The zero-order chi connectivity index (χ0) is 22.4. The second-order valence-corrected chi connectivity index (χ2v) is 8.03. The van der Waals surface area contributed by atoms with Gasteiger partial charge in [0.15, 0.2) is 11.9 Å². The lowest BCUT2D eigenvalue weighted by molar-refractivity contribution is 0.0541. The Balaban J connectivity index is 1.97. The summed E-state index contributed by atoms with van der Waals surface area (Å²) >= 11 is 0. The summed E-state index contributed by atoms with van der Waals surface area (Å²) in [4.78, 5) is 19.4. The summed E-state index contributed by atoms with van der Waals surface area (Å²) in [5.74, 6) is 1.42. The maximum absolute atomic E-state index is 13.1. The van der Waals surface area contributed by atoms with Crippen LogP contribution < -0.4 is 4.74 Å². The molecule has 0 aliphatic heterocycles. The lowest BCUT2D eigenvalue weighted by atomic mass is 10.1. The van der Waals surface area contributed by atoms with E-state index < -0.39 is 6.10 Å². The maximum Gasteiger partial charge on any atom is 0.411 e. The third kappa shape index (κ3) is 5.45. The van der Waals surface area contributed by atoms with Gasteiger partial charge < -0.3 is 18.9 Å². The van der Waals surface area contributed by atoms with Crippen molar-refractivity contribution < 1.29 is 14.3 Å². The third-order valence-corrected chi connectivity index (χ3v) is 5.14. The van der Waals surface area contributed by atoms with E-state index in [-0.39, 0.29) is 18.2 Å². The van der Waals surface area contributed by atoms with Crippen LogP contribution in [0.3, 0.4) is 0 Å². The normalized spacial score (nSPS) is 12.1. The summed E-state index contributed by atoms with van der Waals surface area (Å²) in [6.45, 7) is 8.58. The fraction of sp³-hybridized carbons (Fsp3) is 0.360. The molecule has 0 spiro atoms. The third-order valence-electron chi connectivity index (χ3n) is 5.14. The largest absolute Gasteiger partial charge is 0.497 e. The van der Waals surface area contributed by atoms with E-state index in [1.165, 1.54) is 0 Å². The highest BCUT2D eigenvalue weighted by atomic mass is 16.6. The predicted molar refractivity (Wildman–Crippen MR) is 121 cm³/mol. The SMILES string of the molecule is COc1ccc(C(OC(=O)N(C(C)C)C(C)C)c2nccn2Cc2ccccc2)cc1. The highest BCUT2D eigenvalue weighted by molar-refractivity contribution is 5.69. The number of amides is 1. The molecule has 1 amide bonds. The number of hydrogen-bond donors (Lipinski definition) is 0. The molecule has 0 bridgehead atoms. The van der Waals surface area contributed by atoms with Crippen molar-refractivity contribution in [2.24, 2.45) is 0 Å². The van der Waals surface area contributed by atoms with Crippen LogP contribution in [-0.2, 0) is 11.3 Å². The van der Waals surface area contributed by atoms with E-state index in [0.29, 0.717) is 12.4 Å². The summed E-state index contributed by atoms with van der Waals surface area (Å²) in [5, 5.41) is 0. The van der Waals surface area contributed by atoms with E-state index in [0.717, 1.165) is 16.9 Å². The molecule has 1 atom stereocenters. The zero-order valence-electron chi connectivity index (χ0n) is 18.9. The molecule has 164 valence electrons. The lowest BCUT2D eigenvalue weighted by Gasteiger charge is -2.31. The van der Waals surface area contributed by atoms with Gasteiger partial charge in [-0.15, -0.1) is 0 Å². The Labute approximate surface area is 184 Å². The summed E-state index contributed by atoms with van der Waals surface area (Å²) in [7, 11) is 1.63. The first-order valence-electron chi connectivity index (χ1n) is 10.6. The van der Waals surface area contributed by atoms with Crippen molar-refractivity contribution in [2.45, 2.75) is 52.4 Å². The number of carbonyl (C=O) groups excluding carboxylic acids is 1. The van der Waals surface area contributed by atoms with E-state index >= 15 is 0 Å². The van der Waals surface area contributed by atoms with Crippen LogP contribution in [0.2, 0.25) is 0 Å². The summed E-state index contributed by atoms with van der Waals surface area (Å²) in [5.41, 5.74) is 1.98. The number of hydrogen-bond acceptors (Lipinski definition) is 4. The van der Waals surface area contributed by atoms with Gasteiger partial charge in [0, 0.05) is 36.6 Å². The molecular formula is C25H31N3O3. The van der Waals surface area contributed by atoms with Crippen molar-refractivity contribution in [3.8, 4) is 5.75 Å². The molecule has 0 saturated heterocycles. The Morgan fingerprint density at radius 3 is 2.23 bits per heavy atom. The maximum atomic E-state index is 13.1. The van der Waals surface area contributed by atoms with Gasteiger partial charge in [-0.05, 0) is 45.4 Å². The van der Waals surface area contributed by atoms with Crippen LogP contribution in [-0.4, -0.2) is 39.7 Å². The molecule has 0 aliphatic carbocycles. The number of benzene rings is 2. The van der Waals surface area contributed by atoms with Gasteiger partial charge in [-0.1, -0.05) is 42.5 Å². The van der Waals surface area contributed by atoms with Crippen molar-refractivity contribution in [2.75, 3.05) is 7.11 Å². The van der Waals surface area contributed by atoms with Crippen LogP contribution in [0.25, 0.3) is 0 Å². The Hall–Kier alpha value is -3.28. The molecule has 6 heteroatoms. The fourth-order valence-corrected chi connectivity index (χ4v) is 3.70. The van der Waals surface area contributed by atoms with Crippen molar-refractivity contribution in [1.29, 1.82) is 0 Å². The molecule has 31 heavy (non-hydrogen) atoms. The molecule has 0 fully saturated rings. The Bertz CT molecular complexity index is 957. The van der Waals surface area contributed by atoms with Gasteiger partial charge in [0.1, 0.15) is 5.75 Å². The van der Waals surface area contributed by atoms with E-state index in [2.05, 4.69) is 17.1 Å². The number of methoxy groups -OCH3 is 1. The topological polar surface area (TPSA) is 56.6 Å². The van der Waals surface area contributed by atoms with Crippen molar-refractivity contribution in [3.05, 3.63) is 83.9 Å². The molecular weight excluding hydrogens is 390 g/mol. The smallest absolute Gasteiger partial charge is 0.411 e. The Morgan fingerprint density at radius 2 is 1.65 bits per heavy atom. The number of imidazole rings is 1. The van der Waals surface area contributed by atoms with Crippen LogP contribution >= 0.6 is 0 Å². The van der Waals surface area contributed by atoms with Crippen LogP contribution in [0.15, 0.2) is 67.0 Å². The molecule has 1 heterocycles. The first-order chi connectivity index (χ1) is 14.9. The number of rotatable bonds is 8. The Kier molecular flexibility index (Phi) is 7.34. The van der Waals surface area contributed by atoms with Crippen molar-refractivity contribution >= 4 is 6.09 Å². The minimum atomic E-state index is -0.642. The minimum absolute atomic E-state index is 0.0214.